The summed E-state index contributed by atoms with van der Waals surface area (Å²) in [5.41, 5.74) is -2.52. The summed E-state index contributed by atoms with van der Waals surface area (Å²) < 4.78 is 48.3. The molecule has 0 saturated heterocycles. The van der Waals surface area contributed by atoms with E-state index in [1.165, 1.54) is 0 Å². The van der Waals surface area contributed by atoms with E-state index in [9.17, 15) is 23.1 Å². The number of carbonyl (C=O) groups is 1. The fraction of sp³-hybridized carbons (Fsp3) is 0.167. The van der Waals surface area contributed by atoms with Crippen molar-refractivity contribution in [2.24, 2.45) is 0 Å². The van der Waals surface area contributed by atoms with Crippen LogP contribution in [-0.4, -0.2) is 28.4 Å². The van der Waals surface area contributed by atoms with Gasteiger partial charge in [0, 0.05) is 6.07 Å². The van der Waals surface area contributed by atoms with Crippen molar-refractivity contribution < 1.29 is 37.4 Å². The van der Waals surface area contributed by atoms with Gasteiger partial charge in [-0.1, -0.05) is 5.16 Å². The van der Waals surface area contributed by atoms with E-state index >= 15 is 0 Å². The second-order valence-electron chi connectivity index (χ2n) is 3.92. The van der Waals surface area contributed by atoms with Crippen LogP contribution in [0.25, 0.3) is 11.3 Å². The van der Waals surface area contributed by atoms with Gasteiger partial charge in [-0.05, 0) is 12.1 Å². The number of nitrogens with zero attached hydrogens (tertiary/aromatic N) is 1. The lowest BCUT2D eigenvalue weighted by Gasteiger charge is -2.14. The molecule has 0 saturated carbocycles. The normalized spacial score (nSPS) is 11.4. The van der Waals surface area contributed by atoms with Crippen LogP contribution in [0.2, 0.25) is 0 Å². The van der Waals surface area contributed by atoms with Crippen LogP contribution in [0.1, 0.15) is 16.1 Å². The smallest absolute Gasteiger partial charge is 0.417 e. The molecule has 112 valence electrons. The van der Waals surface area contributed by atoms with Gasteiger partial charge in [0.15, 0.2) is 23.0 Å². The number of aromatic nitrogens is 1. The number of benzene rings is 1. The zero-order chi connectivity index (χ0) is 15.8. The van der Waals surface area contributed by atoms with Gasteiger partial charge in [0.1, 0.15) is 0 Å². The van der Waals surface area contributed by atoms with E-state index in [0.717, 1.165) is 19.2 Å². The number of aromatic hydroxyl groups is 1. The SMILES string of the molecule is COc1ccc(C(F)(F)F)c(-c2cc(C(=O)O)no2)c1O. The first-order valence-corrected chi connectivity index (χ1v) is 5.43. The number of hydrogen-bond acceptors (Lipinski definition) is 5. The van der Waals surface area contributed by atoms with Crippen LogP contribution in [0.5, 0.6) is 11.5 Å². The number of hydrogen-bond donors (Lipinski definition) is 2. The minimum atomic E-state index is -4.78. The van der Waals surface area contributed by atoms with E-state index < -0.39 is 40.5 Å². The van der Waals surface area contributed by atoms with E-state index in [0.29, 0.717) is 6.07 Å². The molecule has 0 unspecified atom stereocenters. The van der Waals surface area contributed by atoms with Crippen LogP contribution in [-0.2, 0) is 6.18 Å². The van der Waals surface area contributed by atoms with Crippen LogP contribution in [0.15, 0.2) is 22.7 Å². The zero-order valence-electron chi connectivity index (χ0n) is 10.4. The molecule has 0 aliphatic heterocycles. The standard InChI is InChI=1S/C12H8F3NO5/c1-20-7-3-2-5(12(13,14)15)9(10(7)17)8-4-6(11(18)19)16-21-8/h2-4,17H,1H3,(H,18,19). The number of rotatable bonds is 3. The van der Waals surface area contributed by atoms with Crippen LogP contribution in [0.3, 0.4) is 0 Å². The molecule has 6 nitrogen and oxygen atoms in total. The number of halogens is 3. The summed E-state index contributed by atoms with van der Waals surface area (Å²) >= 11 is 0. The summed E-state index contributed by atoms with van der Waals surface area (Å²) in [6.07, 6.45) is -4.78. The van der Waals surface area contributed by atoms with Gasteiger partial charge in [-0.3, -0.25) is 0 Å². The van der Waals surface area contributed by atoms with Crippen molar-refractivity contribution in [2.75, 3.05) is 7.11 Å². The Kier molecular flexibility index (Phi) is 3.50. The predicted molar refractivity (Wildman–Crippen MR) is 62.1 cm³/mol. The lowest BCUT2D eigenvalue weighted by molar-refractivity contribution is -0.137. The average molecular weight is 303 g/mol. The molecular formula is C12H8F3NO5. The number of carboxylic acids is 1. The molecule has 0 spiro atoms. The first-order valence-electron chi connectivity index (χ1n) is 5.43. The molecule has 9 heteroatoms. The highest BCUT2D eigenvalue weighted by Gasteiger charge is 2.37. The third-order valence-electron chi connectivity index (χ3n) is 2.64. The number of phenols is 1. The Morgan fingerprint density at radius 1 is 1.38 bits per heavy atom. The van der Waals surface area contributed by atoms with Crippen LogP contribution in [0.4, 0.5) is 13.2 Å². The fourth-order valence-corrected chi connectivity index (χ4v) is 1.72. The van der Waals surface area contributed by atoms with E-state index in [-0.39, 0.29) is 5.75 Å². The largest absolute Gasteiger partial charge is 0.504 e. The monoisotopic (exact) mass is 303 g/mol. The first kappa shape index (κ1) is 14.7. The van der Waals surface area contributed by atoms with Crippen LogP contribution < -0.4 is 4.74 Å². The van der Waals surface area contributed by atoms with Gasteiger partial charge in [0.05, 0.1) is 18.2 Å². The van der Waals surface area contributed by atoms with Gasteiger partial charge < -0.3 is 19.5 Å². The molecule has 0 radical (unpaired) electrons. The highest BCUT2D eigenvalue weighted by atomic mass is 19.4. The maximum atomic E-state index is 13.0. The van der Waals surface area contributed by atoms with E-state index in [2.05, 4.69) is 9.68 Å². The second kappa shape index (κ2) is 5.00. The summed E-state index contributed by atoms with van der Waals surface area (Å²) in [7, 11) is 1.16. The molecular weight excluding hydrogens is 295 g/mol. The highest BCUT2D eigenvalue weighted by molar-refractivity contribution is 5.87. The molecule has 0 aliphatic rings. The Bertz CT molecular complexity index is 693. The number of ether oxygens (including phenoxy) is 1. The topological polar surface area (TPSA) is 92.8 Å². The second-order valence-corrected chi connectivity index (χ2v) is 3.92. The summed E-state index contributed by atoms with van der Waals surface area (Å²) in [5, 5.41) is 21.7. The molecule has 0 amide bonds. The van der Waals surface area contributed by atoms with Gasteiger partial charge in [-0.25, -0.2) is 4.79 Å². The summed E-state index contributed by atoms with van der Waals surface area (Å²) in [5.74, 6) is -3.04. The molecule has 1 aromatic carbocycles. The maximum Gasteiger partial charge on any atom is 0.417 e. The molecule has 2 rings (SSSR count). The van der Waals surface area contributed by atoms with Gasteiger partial charge in [-0.15, -0.1) is 0 Å². The van der Waals surface area contributed by atoms with Crippen molar-refractivity contribution in [3.8, 4) is 22.8 Å². The van der Waals surface area contributed by atoms with Gasteiger partial charge >= 0.3 is 12.1 Å². The zero-order valence-corrected chi connectivity index (χ0v) is 10.4. The van der Waals surface area contributed by atoms with Gasteiger partial charge in [-0.2, -0.15) is 13.2 Å². The third-order valence-corrected chi connectivity index (χ3v) is 2.64. The maximum absolute atomic E-state index is 13.0. The fourth-order valence-electron chi connectivity index (χ4n) is 1.72. The third kappa shape index (κ3) is 2.62. The number of carboxylic acid groups (broad SMARTS) is 1. The van der Waals surface area contributed by atoms with Crippen molar-refractivity contribution in [1.29, 1.82) is 0 Å². The molecule has 2 aromatic rings. The quantitative estimate of drug-likeness (QED) is 0.905. The summed E-state index contributed by atoms with van der Waals surface area (Å²) in [6, 6.07) is 2.42. The number of aromatic carboxylic acids is 1. The Balaban J connectivity index is 2.71. The highest BCUT2D eigenvalue weighted by Crippen LogP contribution is 2.45. The number of methoxy groups -OCH3 is 1. The first-order chi connectivity index (χ1) is 9.75. The van der Waals surface area contributed by atoms with Crippen molar-refractivity contribution in [2.45, 2.75) is 6.18 Å². The molecule has 0 atom stereocenters. The predicted octanol–water partition coefficient (Wildman–Crippen LogP) is 2.77. The summed E-state index contributed by atoms with van der Waals surface area (Å²) in [6.45, 7) is 0. The molecule has 0 bridgehead atoms. The Morgan fingerprint density at radius 3 is 2.52 bits per heavy atom. The lowest BCUT2D eigenvalue weighted by Crippen LogP contribution is -2.07. The van der Waals surface area contributed by atoms with E-state index in [1.54, 1.807) is 0 Å². The molecule has 1 heterocycles. The molecule has 0 fully saturated rings. The molecule has 21 heavy (non-hydrogen) atoms. The van der Waals surface area contributed by atoms with Crippen molar-refractivity contribution in [3.63, 3.8) is 0 Å². The van der Waals surface area contributed by atoms with E-state index in [1.807, 2.05) is 0 Å². The van der Waals surface area contributed by atoms with Gasteiger partial charge in [0.2, 0.25) is 0 Å². The molecule has 0 aliphatic carbocycles. The van der Waals surface area contributed by atoms with E-state index in [4.69, 9.17) is 9.84 Å². The summed E-state index contributed by atoms with van der Waals surface area (Å²) in [4.78, 5) is 10.7. The Morgan fingerprint density at radius 2 is 2.05 bits per heavy atom. The Labute approximate surface area is 115 Å². The van der Waals surface area contributed by atoms with Crippen molar-refractivity contribution >= 4 is 5.97 Å². The number of phenolic OH excluding ortho intramolecular Hbond substituents is 1. The van der Waals surface area contributed by atoms with Crippen molar-refractivity contribution in [3.05, 3.63) is 29.5 Å². The minimum absolute atomic E-state index is 0.216. The van der Waals surface area contributed by atoms with Crippen LogP contribution in [0, 0.1) is 0 Å². The van der Waals surface area contributed by atoms with Crippen molar-refractivity contribution in [1.82, 2.24) is 5.16 Å². The molecule has 1 aromatic heterocycles. The minimum Gasteiger partial charge on any atom is -0.504 e. The average Bonchev–Trinajstić information content (AvgIpc) is 2.86. The van der Waals surface area contributed by atoms with Crippen LogP contribution >= 0.6 is 0 Å². The molecule has 2 N–H and O–H groups in total. The van der Waals surface area contributed by atoms with Gasteiger partial charge in [0.25, 0.3) is 0 Å². The Hall–Kier alpha value is -2.71. The number of alkyl halides is 3. The lowest BCUT2D eigenvalue weighted by atomic mass is 10.0.